The van der Waals surface area contributed by atoms with Gasteiger partial charge in [0.25, 0.3) is 5.91 Å². The third kappa shape index (κ3) is 4.11. The molecule has 0 bridgehead atoms. The smallest absolute Gasteiger partial charge is 0.323 e. The van der Waals surface area contributed by atoms with E-state index in [0.717, 1.165) is 0 Å². The molecule has 1 rings (SSSR count). The first-order valence-corrected chi connectivity index (χ1v) is 6.69. The van der Waals surface area contributed by atoms with Gasteiger partial charge in [0.15, 0.2) is 0 Å². The second kappa shape index (κ2) is 7.52. The van der Waals surface area contributed by atoms with Crippen LogP contribution in [0.1, 0.15) is 30.6 Å². The number of hydrogen-bond acceptors (Lipinski definition) is 4. The average Bonchev–Trinajstić information content (AvgIpc) is 2.50. The fourth-order valence-corrected chi connectivity index (χ4v) is 1.93. The van der Waals surface area contributed by atoms with Crippen LogP contribution in [0.25, 0.3) is 0 Å². The second-order valence-corrected chi connectivity index (χ2v) is 4.65. The minimum absolute atomic E-state index is 0.190. The Morgan fingerprint density at radius 3 is 2.43 bits per heavy atom. The maximum Gasteiger partial charge on any atom is 0.323 e. The van der Waals surface area contributed by atoms with Crippen LogP contribution in [0.15, 0.2) is 18.2 Å². The van der Waals surface area contributed by atoms with Crippen LogP contribution in [-0.4, -0.2) is 48.7 Å². The first-order chi connectivity index (χ1) is 9.94. The van der Waals surface area contributed by atoms with Crippen LogP contribution in [0.5, 0.6) is 11.5 Å². The molecule has 0 aromatic heterocycles. The van der Waals surface area contributed by atoms with Crippen LogP contribution < -0.4 is 9.47 Å². The van der Waals surface area contributed by atoms with Gasteiger partial charge in [-0.3, -0.25) is 9.59 Å². The first-order valence-electron chi connectivity index (χ1n) is 6.69. The molecule has 0 aliphatic rings. The fraction of sp³-hybridized carbons (Fsp3) is 0.467. The van der Waals surface area contributed by atoms with E-state index in [1.54, 1.807) is 18.2 Å². The lowest BCUT2D eigenvalue weighted by atomic mass is 10.1. The summed E-state index contributed by atoms with van der Waals surface area (Å²) in [7, 11) is 2.96. The van der Waals surface area contributed by atoms with E-state index < -0.39 is 5.97 Å². The zero-order valence-electron chi connectivity index (χ0n) is 12.8. The van der Waals surface area contributed by atoms with Gasteiger partial charge in [0, 0.05) is 6.04 Å². The third-order valence-corrected chi connectivity index (χ3v) is 3.33. The largest absolute Gasteiger partial charge is 0.497 e. The lowest BCUT2D eigenvalue weighted by Crippen LogP contribution is -2.42. The topological polar surface area (TPSA) is 76.1 Å². The van der Waals surface area contributed by atoms with Crippen molar-refractivity contribution >= 4 is 11.9 Å². The molecule has 0 saturated heterocycles. The van der Waals surface area contributed by atoms with Gasteiger partial charge in [-0.2, -0.15) is 0 Å². The summed E-state index contributed by atoms with van der Waals surface area (Å²) >= 11 is 0. The number of hydrogen-bond donors (Lipinski definition) is 1. The normalized spacial score (nSPS) is 11.6. The van der Waals surface area contributed by atoms with Crippen molar-refractivity contribution in [3.63, 3.8) is 0 Å². The van der Waals surface area contributed by atoms with E-state index in [1.165, 1.54) is 19.1 Å². The summed E-state index contributed by atoms with van der Waals surface area (Å²) in [4.78, 5) is 25.0. The molecular weight excluding hydrogens is 274 g/mol. The van der Waals surface area contributed by atoms with Gasteiger partial charge >= 0.3 is 5.97 Å². The van der Waals surface area contributed by atoms with E-state index in [0.29, 0.717) is 23.5 Å². The SMILES string of the molecule is CCC(C)N(CC(=O)O)C(=O)c1cc(OC)ccc1OC. The molecule has 1 amide bonds. The molecule has 6 heteroatoms. The van der Waals surface area contributed by atoms with Gasteiger partial charge in [-0.05, 0) is 31.5 Å². The van der Waals surface area contributed by atoms with E-state index in [2.05, 4.69) is 0 Å². The zero-order chi connectivity index (χ0) is 16.0. The predicted molar refractivity (Wildman–Crippen MR) is 78.0 cm³/mol. The summed E-state index contributed by atoms with van der Waals surface area (Å²) in [6.07, 6.45) is 0.658. The molecular formula is C15H21NO5. The van der Waals surface area contributed by atoms with Crippen molar-refractivity contribution < 1.29 is 24.2 Å². The van der Waals surface area contributed by atoms with E-state index in [9.17, 15) is 9.59 Å². The van der Waals surface area contributed by atoms with Gasteiger partial charge in [-0.1, -0.05) is 6.92 Å². The van der Waals surface area contributed by atoms with Crippen molar-refractivity contribution in [2.45, 2.75) is 26.3 Å². The fourth-order valence-electron chi connectivity index (χ4n) is 1.93. The molecule has 0 spiro atoms. The van der Waals surface area contributed by atoms with Crippen LogP contribution >= 0.6 is 0 Å². The van der Waals surface area contributed by atoms with Crippen molar-refractivity contribution in [2.24, 2.45) is 0 Å². The van der Waals surface area contributed by atoms with E-state index in [-0.39, 0.29) is 18.5 Å². The summed E-state index contributed by atoms with van der Waals surface area (Å²) in [6.45, 7) is 3.36. The summed E-state index contributed by atoms with van der Waals surface area (Å²) in [5.41, 5.74) is 0.290. The number of amides is 1. The quantitative estimate of drug-likeness (QED) is 0.833. The minimum Gasteiger partial charge on any atom is -0.497 e. The van der Waals surface area contributed by atoms with Crippen molar-refractivity contribution in [2.75, 3.05) is 20.8 Å². The Bertz CT molecular complexity index is 515. The predicted octanol–water partition coefficient (Wildman–Crippen LogP) is 2.03. The summed E-state index contributed by atoms with van der Waals surface area (Å²) in [5.74, 6) is -0.536. The van der Waals surface area contributed by atoms with Gasteiger partial charge in [-0.25, -0.2) is 0 Å². The number of carbonyl (C=O) groups excluding carboxylic acids is 1. The Labute approximate surface area is 124 Å². The Kier molecular flexibility index (Phi) is 6.02. The van der Waals surface area contributed by atoms with Crippen molar-refractivity contribution in [3.8, 4) is 11.5 Å². The molecule has 1 atom stereocenters. The molecule has 0 saturated carbocycles. The van der Waals surface area contributed by atoms with E-state index in [1.807, 2.05) is 13.8 Å². The van der Waals surface area contributed by atoms with Crippen LogP contribution in [0.2, 0.25) is 0 Å². The highest BCUT2D eigenvalue weighted by Gasteiger charge is 2.25. The number of rotatable bonds is 7. The molecule has 0 aliphatic heterocycles. The minimum atomic E-state index is -1.05. The van der Waals surface area contributed by atoms with Crippen LogP contribution in [-0.2, 0) is 4.79 Å². The van der Waals surface area contributed by atoms with Crippen LogP contribution in [0.4, 0.5) is 0 Å². The van der Waals surface area contributed by atoms with Crippen molar-refractivity contribution in [1.29, 1.82) is 0 Å². The van der Waals surface area contributed by atoms with Crippen LogP contribution in [0.3, 0.4) is 0 Å². The van der Waals surface area contributed by atoms with Gasteiger partial charge < -0.3 is 19.5 Å². The van der Waals surface area contributed by atoms with E-state index >= 15 is 0 Å². The molecule has 21 heavy (non-hydrogen) atoms. The summed E-state index contributed by atoms with van der Waals surface area (Å²) in [6, 6.07) is 4.67. The monoisotopic (exact) mass is 295 g/mol. The lowest BCUT2D eigenvalue weighted by molar-refractivity contribution is -0.138. The number of benzene rings is 1. The molecule has 6 nitrogen and oxygen atoms in total. The number of methoxy groups -OCH3 is 2. The number of aliphatic carboxylic acids is 1. The number of ether oxygens (including phenoxy) is 2. The molecule has 116 valence electrons. The second-order valence-electron chi connectivity index (χ2n) is 4.65. The van der Waals surface area contributed by atoms with Crippen LogP contribution in [0, 0.1) is 0 Å². The van der Waals surface area contributed by atoms with Crippen molar-refractivity contribution in [1.82, 2.24) is 4.90 Å². The molecule has 0 fully saturated rings. The standard InChI is InChI=1S/C15H21NO5/c1-5-10(2)16(9-14(17)18)15(19)12-8-11(20-3)6-7-13(12)21-4/h6-8,10H,5,9H2,1-4H3,(H,17,18). The summed E-state index contributed by atoms with van der Waals surface area (Å²) in [5, 5.41) is 9.00. The Morgan fingerprint density at radius 2 is 1.95 bits per heavy atom. The third-order valence-electron chi connectivity index (χ3n) is 3.33. The first kappa shape index (κ1) is 16.8. The average molecular weight is 295 g/mol. The van der Waals surface area contributed by atoms with Gasteiger partial charge in [0.2, 0.25) is 0 Å². The highest BCUT2D eigenvalue weighted by atomic mass is 16.5. The van der Waals surface area contributed by atoms with Gasteiger partial charge in [0.1, 0.15) is 18.0 Å². The summed E-state index contributed by atoms with van der Waals surface area (Å²) < 4.78 is 10.3. The van der Waals surface area contributed by atoms with E-state index in [4.69, 9.17) is 14.6 Å². The number of nitrogens with zero attached hydrogens (tertiary/aromatic N) is 1. The Hall–Kier alpha value is -2.24. The van der Waals surface area contributed by atoms with Gasteiger partial charge in [-0.15, -0.1) is 0 Å². The van der Waals surface area contributed by atoms with Crippen molar-refractivity contribution in [3.05, 3.63) is 23.8 Å². The maximum absolute atomic E-state index is 12.7. The number of carbonyl (C=O) groups is 2. The van der Waals surface area contributed by atoms with Gasteiger partial charge in [0.05, 0.1) is 19.8 Å². The molecule has 1 aromatic rings. The molecule has 0 heterocycles. The number of carboxylic acid groups (broad SMARTS) is 1. The molecule has 1 aromatic carbocycles. The molecule has 1 unspecified atom stereocenters. The zero-order valence-corrected chi connectivity index (χ0v) is 12.8. The Morgan fingerprint density at radius 1 is 1.29 bits per heavy atom. The Balaban J connectivity index is 3.21. The molecule has 1 N–H and O–H groups in total. The maximum atomic E-state index is 12.7. The highest BCUT2D eigenvalue weighted by molar-refractivity contribution is 5.98. The molecule has 0 radical (unpaired) electrons. The molecule has 0 aliphatic carbocycles. The lowest BCUT2D eigenvalue weighted by Gasteiger charge is -2.27. The number of carboxylic acids is 1. The highest BCUT2D eigenvalue weighted by Crippen LogP contribution is 2.26.